The second-order valence-corrected chi connectivity index (χ2v) is 4.93. The van der Waals surface area contributed by atoms with Crippen LogP contribution in [0.5, 0.6) is 0 Å². The second kappa shape index (κ2) is 4.81. The summed E-state index contributed by atoms with van der Waals surface area (Å²) in [4.78, 5) is 3.56. The smallest absolute Gasteiger partial charge is 0.126 e. The maximum Gasteiger partial charge on any atom is 0.126 e. The Morgan fingerprint density at radius 1 is 1.24 bits per heavy atom. The lowest BCUT2D eigenvalue weighted by atomic mass is 10.2. The van der Waals surface area contributed by atoms with Gasteiger partial charge >= 0.3 is 0 Å². The second-order valence-electron chi connectivity index (χ2n) is 3.98. The fourth-order valence-electron chi connectivity index (χ4n) is 2.07. The van der Waals surface area contributed by atoms with Gasteiger partial charge in [-0.05, 0) is 17.5 Å². The van der Waals surface area contributed by atoms with Crippen molar-refractivity contribution < 1.29 is 0 Å². The monoisotopic (exact) mass is 246 g/mol. The number of rotatable bonds is 2. The molecule has 4 nitrogen and oxygen atoms in total. The van der Waals surface area contributed by atoms with Gasteiger partial charge in [-0.25, -0.2) is 0 Å². The highest BCUT2D eigenvalue weighted by Crippen LogP contribution is 2.31. The summed E-state index contributed by atoms with van der Waals surface area (Å²) in [6.07, 6.45) is 1.77. The van der Waals surface area contributed by atoms with E-state index in [1.165, 1.54) is 10.6 Å². The molecule has 5 heteroatoms. The molecule has 0 atom stereocenters. The minimum atomic E-state index is 1.00. The molecule has 1 aliphatic rings. The van der Waals surface area contributed by atoms with Crippen molar-refractivity contribution in [1.82, 2.24) is 15.5 Å². The van der Waals surface area contributed by atoms with E-state index in [0.29, 0.717) is 0 Å². The van der Waals surface area contributed by atoms with Crippen LogP contribution in [0.25, 0.3) is 10.6 Å². The standard InChI is InChI=1S/C12H14N4S/c1-2-11(17-9-1)12-10(3-4-14-15-12)16-7-5-13-6-8-16/h1-4,9,13H,5-8H2. The largest absolute Gasteiger partial charge is 0.367 e. The molecular weight excluding hydrogens is 232 g/mol. The van der Waals surface area contributed by atoms with Gasteiger partial charge in [-0.1, -0.05) is 6.07 Å². The molecule has 3 heterocycles. The molecule has 0 unspecified atom stereocenters. The molecule has 1 N–H and O–H groups in total. The molecule has 0 aromatic carbocycles. The summed E-state index contributed by atoms with van der Waals surface area (Å²) in [5.41, 5.74) is 2.20. The molecule has 2 aromatic heterocycles. The van der Waals surface area contributed by atoms with Crippen LogP contribution < -0.4 is 10.2 Å². The van der Waals surface area contributed by atoms with E-state index in [-0.39, 0.29) is 0 Å². The first-order valence-corrected chi connectivity index (χ1v) is 6.64. The van der Waals surface area contributed by atoms with Crippen LogP contribution in [0.2, 0.25) is 0 Å². The van der Waals surface area contributed by atoms with Crippen molar-refractivity contribution in [1.29, 1.82) is 0 Å². The molecular formula is C12H14N4S. The Balaban J connectivity index is 1.98. The Bertz CT molecular complexity index is 477. The number of nitrogens with zero attached hydrogens (tertiary/aromatic N) is 3. The van der Waals surface area contributed by atoms with Crippen LogP contribution in [0.1, 0.15) is 0 Å². The molecule has 0 radical (unpaired) electrons. The first-order valence-electron chi connectivity index (χ1n) is 5.76. The highest BCUT2D eigenvalue weighted by Gasteiger charge is 2.16. The molecule has 0 spiro atoms. The van der Waals surface area contributed by atoms with E-state index in [2.05, 4.69) is 44.0 Å². The lowest BCUT2D eigenvalue weighted by Gasteiger charge is -2.30. The van der Waals surface area contributed by atoms with E-state index in [4.69, 9.17) is 0 Å². The molecule has 3 rings (SSSR count). The number of aromatic nitrogens is 2. The van der Waals surface area contributed by atoms with Crippen LogP contribution >= 0.6 is 11.3 Å². The van der Waals surface area contributed by atoms with Crippen molar-refractivity contribution in [2.45, 2.75) is 0 Å². The minimum Gasteiger partial charge on any atom is -0.367 e. The maximum atomic E-state index is 4.29. The number of hydrogen-bond acceptors (Lipinski definition) is 5. The normalized spacial score (nSPS) is 16.1. The van der Waals surface area contributed by atoms with Crippen LogP contribution in [0.15, 0.2) is 29.8 Å². The van der Waals surface area contributed by atoms with E-state index in [9.17, 15) is 0 Å². The third kappa shape index (κ3) is 2.16. The van der Waals surface area contributed by atoms with Gasteiger partial charge in [0.05, 0.1) is 16.8 Å². The third-order valence-corrected chi connectivity index (χ3v) is 3.79. The Morgan fingerprint density at radius 2 is 2.12 bits per heavy atom. The summed E-state index contributed by atoms with van der Waals surface area (Å²) >= 11 is 1.71. The molecule has 17 heavy (non-hydrogen) atoms. The fraction of sp³-hybridized carbons (Fsp3) is 0.333. The van der Waals surface area contributed by atoms with Crippen molar-refractivity contribution in [2.24, 2.45) is 0 Å². The van der Waals surface area contributed by atoms with Crippen LogP contribution in [0.3, 0.4) is 0 Å². The number of anilines is 1. The number of piperazine rings is 1. The van der Waals surface area contributed by atoms with E-state index in [1.807, 2.05) is 0 Å². The zero-order chi connectivity index (χ0) is 11.5. The zero-order valence-electron chi connectivity index (χ0n) is 9.47. The van der Waals surface area contributed by atoms with Crippen LogP contribution in [-0.2, 0) is 0 Å². The van der Waals surface area contributed by atoms with Crippen molar-refractivity contribution in [3.05, 3.63) is 29.8 Å². The first kappa shape index (κ1) is 10.7. The van der Waals surface area contributed by atoms with E-state index in [1.54, 1.807) is 17.5 Å². The summed E-state index contributed by atoms with van der Waals surface area (Å²) in [6, 6.07) is 6.21. The summed E-state index contributed by atoms with van der Waals surface area (Å²) in [7, 11) is 0. The number of hydrogen-bond donors (Lipinski definition) is 1. The Hall–Kier alpha value is -1.46. The summed E-state index contributed by atoms with van der Waals surface area (Å²) in [5, 5.41) is 13.7. The quantitative estimate of drug-likeness (QED) is 0.874. The SMILES string of the molecule is c1csc(-c2nnccc2N2CCNCC2)c1. The molecule has 0 aliphatic carbocycles. The minimum absolute atomic E-state index is 1.00. The number of nitrogens with one attached hydrogen (secondary N) is 1. The van der Waals surface area contributed by atoms with Gasteiger partial charge < -0.3 is 10.2 Å². The van der Waals surface area contributed by atoms with Crippen LogP contribution in [-0.4, -0.2) is 36.4 Å². The number of thiophene rings is 1. The lowest BCUT2D eigenvalue weighted by molar-refractivity contribution is 0.588. The third-order valence-electron chi connectivity index (χ3n) is 2.91. The van der Waals surface area contributed by atoms with E-state index in [0.717, 1.165) is 31.9 Å². The molecule has 1 fully saturated rings. The molecule has 88 valence electrons. The van der Waals surface area contributed by atoms with E-state index < -0.39 is 0 Å². The highest BCUT2D eigenvalue weighted by atomic mass is 32.1. The van der Waals surface area contributed by atoms with Crippen LogP contribution in [0.4, 0.5) is 5.69 Å². The summed E-state index contributed by atoms with van der Waals surface area (Å²) < 4.78 is 0. The van der Waals surface area contributed by atoms with Gasteiger partial charge in [0, 0.05) is 26.2 Å². The Labute approximate surface area is 104 Å². The molecule has 1 saturated heterocycles. The average Bonchev–Trinajstić information content (AvgIpc) is 2.94. The maximum absolute atomic E-state index is 4.29. The summed E-state index contributed by atoms with van der Waals surface area (Å²) in [5.74, 6) is 0. The van der Waals surface area contributed by atoms with Gasteiger partial charge in [-0.2, -0.15) is 5.10 Å². The van der Waals surface area contributed by atoms with Gasteiger partial charge in [-0.3, -0.25) is 0 Å². The molecule has 0 amide bonds. The van der Waals surface area contributed by atoms with Crippen molar-refractivity contribution in [3.8, 4) is 10.6 Å². The van der Waals surface area contributed by atoms with Gasteiger partial charge in [0.25, 0.3) is 0 Å². The van der Waals surface area contributed by atoms with Crippen molar-refractivity contribution >= 4 is 17.0 Å². The van der Waals surface area contributed by atoms with E-state index >= 15 is 0 Å². The first-order chi connectivity index (χ1) is 8.45. The van der Waals surface area contributed by atoms with Gasteiger partial charge in [-0.15, -0.1) is 16.4 Å². The van der Waals surface area contributed by atoms with Crippen molar-refractivity contribution in [2.75, 3.05) is 31.1 Å². The molecule has 0 bridgehead atoms. The lowest BCUT2D eigenvalue weighted by Crippen LogP contribution is -2.43. The average molecular weight is 246 g/mol. The van der Waals surface area contributed by atoms with Crippen LogP contribution in [0, 0.1) is 0 Å². The molecule has 2 aromatic rings. The predicted molar refractivity (Wildman–Crippen MR) is 70.4 cm³/mol. The van der Waals surface area contributed by atoms with Gasteiger partial charge in [0.2, 0.25) is 0 Å². The van der Waals surface area contributed by atoms with Gasteiger partial charge in [0.1, 0.15) is 5.69 Å². The zero-order valence-corrected chi connectivity index (χ0v) is 10.3. The molecule has 0 saturated carbocycles. The Kier molecular flexibility index (Phi) is 3.02. The Morgan fingerprint density at radius 3 is 2.88 bits per heavy atom. The predicted octanol–water partition coefficient (Wildman–Crippen LogP) is 1.61. The highest BCUT2D eigenvalue weighted by molar-refractivity contribution is 7.13. The summed E-state index contributed by atoms with van der Waals surface area (Å²) in [6.45, 7) is 4.13. The van der Waals surface area contributed by atoms with Crippen molar-refractivity contribution in [3.63, 3.8) is 0 Å². The van der Waals surface area contributed by atoms with Gasteiger partial charge in [0.15, 0.2) is 0 Å². The molecule has 1 aliphatic heterocycles. The fourth-order valence-corrected chi connectivity index (χ4v) is 2.79. The topological polar surface area (TPSA) is 41.1 Å².